The molecule has 10 nitrogen and oxygen atoms in total. The van der Waals surface area contributed by atoms with E-state index >= 15 is 0 Å². The predicted molar refractivity (Wildman–Crippen MR) is 139 cm³/mol. The van der Waals surface area contributed by atoms with Crippen LogP contribution in [0.15, 0.2) is 30.6 Å². The molecule has 3 fully saturated rings. The molecular formula is C27H33N7O3. The highest BCUT2D eigenvalue weighted by molar-refractivity contribution is 5.98. The molecule has 1 aliphatic carbocycles. The topological polar surface area (TPSA) is 116 Å². The molecule has 194 valence electrons. The maximum absolute atomic E-state index is 13.2. The summed E-state index contributed by atoms with van der Waals surface area (Å²) >= 11 is 0. The van der Waals surface area contributed by atoms with Crippen LogP contribution in [0, 0.1) is 0 Å². The van der Waals surface area contributed by atoms with Gasteiger partial charge in [-0.3, -0.25) is 9.59 Å². The summed E-state index contributed by atoms with van der Waals surface area (Å²) in [6, 6.07) is 5.88. The van der Waals surface area contributed by atoms with Crippen LogP contribution in [0.5, 0.6) is 0 Å². The Bertz CT molecular complexity index is 1320. The number of anilines is 2. The minimum atomic E-state index is -0.310. The lowest BCUT2D eigenvalue weighted by atomic mass is 9.99. The van der Waals surface area contributed by atoms with Crippen LogP contribution in [0.4, 0.5) is 11.8 Å². The predicted octanol–water partition coefficient (Wildman–Crippen LogP) is 3.51. The molecule has 2 N–H and O–H groups in total. The second kappa shape index (κ2) is 9.41. The smallest absolute Gasteiger partial charge is 0.270 e. The van der Waals surface area contributed by atoms with Crippen LogP contribution in [0.2, 0.25) is 0 Å². The van der Waals surface area contributed by atoms with Crippen LogP contribution in [-0.4, -0.2) is 78.5 Å². The lowest BCUT2D eigenvalue weighted by Gasteiger charge is -2.37. The number of rotatable bonds is 5. The molecule has 2 bridgehead atoms. The summed E-state index contributed by atoms with van der Waals surface area (Å²) in [7, 11) is 3.52. The summed E-state index contributed by atoms with van der Waals surface area (Å²) in [5.74, 6) is 0.862. The average molecular weight is 504 g/mol. The molecule has 6 rings (SSSR count). The van der Waals surface area contributed by atoms with Crippen LogP contribution in [-0.2, 0) is 0 Å². The van der Waals surface area contributed by atoms with Crippen molar-refractivity contribution >= 4 is 34.6 Å². The van der Waals surface area contributed by atoms with Crippen LogP contribution in [0.25, 0.3) is 11.0 Å². The molecule has 5 heterocycles. The van der Waals surface area contributed by atoms with E-state index in [0.717, 1.165) is 49.6 Å². The van der Waals surface area contributed by atoms with E-state index < -0.39 is 0 Å². The van der Waals surface area contributed by atoms with Crippen LogP contribution in [0.1, 0.15) is 78.3 Å². The van der Waals surface area contributed by atoms with Crippen molar-refractivity contribution in [2.75, 3.05) is 19.4 Å². The van der Waals surface area contributed by atoms with Crippen molar-refractivity contribution in [2.24, 2.45) is 0 Å². The van der Waals surface area contributed by atoms with Gasteiger partial charge in [0.15, 0.2) is 0 Å². The van der Waals surface area contributed by atoms with Crippen molar-refractivity contribution in [3.8, 4) is 0 Å². The van der Waals surface area contributed by atoms with E-state index in [0.29, 0.717) is 35.9 Å². The van der Waals surface area contributed by atoms with Crippen molar-refractivity contribution < 1.29 is 14.7 Å². The number of pyridine rings is 1. The third-order valence-electron chi connectivity index (χ3n) is 8.08. The Balaban J connectivity index is 1.24. The number of aliphatic hydroxyl groups excluding tert-OH is 1. The standard InChI is InChI=1S/C27H33N7O3/c1-32(2)26(37)22-11-17-15-29-27(31-24(17)34(22)18-5-3-4-6-18)30-23-10-7-16(14-28-23)25(36)33-19-8-9-20(33)13-21(35)12-19/h7,10-11,14-15,18-21,35H,3-6,8-9,12-13H2,1-2H3,(H,28,29,30,31)/t19-,20?,21?/m1/s1. The Kier molecular flexibility index (Phi) is 6.06. The molecule has 3 aliphatic rings. The number of aromatic nitrogens is 4. The van der Waals surface area contributed by atoms with Gasteiger partial charge in [0.25, 0.3) is 11.8 Å². The molecule has 2 unspecified atom stereocenters. The third-order valence-corrected chi connectivity index (χ3v) is 8.08. The van der Waals surface area contributed by atoms with Crippen LogP contribution >= 0.6 is 0 Å². The quantitative estimate of drug-likeness (QED) is 0.547. The van der Waals surface area contributed by atoms with Gasteiger partial charge >= 0.3 is 0 Å². The van der Waals surface area contributed by atoms with Gasteiger partial charge in [0.1, 0.15) is 17.2 Å². The first-order valence-corrected chi connectivity index (χ1v) is 13.2. The number of fused-ring (bicyclic) bond motifs is 3. The zero-order valence-corrected chi connectivity index (χ0v) is 21.3. The first-order valence-electron chi connectivity index (χ1n) is 13.2. The molecular weight excluding hydrogens is 470 g/mol. The molecule has 2 aliphatic heterocycles. The van der Waals surface area contributed by atoms with Crippen molar-refractivity contribution in [1.29, 1.82) is 0 Å². The largest absolute Gasteiger partial charge is 0.393 e. The highest BCUT2D eigenvalue weighted by Crippen LogP contribution is 2.37. The molecule has 0 radical (unpaired) electrons. The highest BCUT2D eigenvalue weighted by Gasteiger charge is 2.43. The van der Waals surface area contributed by atoms with E-state index in [2.05, 4.69) is 19.9 Å². The number of nitrogens with zero attached hydrogens (tertiary/aromatic N) is 6. The lowest BCUT2D eigenvalue weighted by Crippen LogP contribution is -2.48. The number of hydrogen-bond donors (Lipinski definition) is 2. The first-order chi connectivity index (χ1) is 17.9. The van der Waals surface area contributed by atoms with Gasteiger partial charge in [-0.15, -0.1) is 0 Å². The Hall–Kier alpha value is -3.53. The van der Waals surface area contributed by atoms with Crippen molar-refractivity contribution in [1.82, 2.24) is 29.3 Å². The maximum Gasteiger partial charge on any atom is 0.270 e. The van der Waals surface area contributed by atoms with Gasteiger partial charge in [0.2, 0.25) is 5.95 Å². The molecule has 2 saturated heterocycles. The molecule has 3 aromatic rings. The van der Waals surface area contributed by atoms with Gasteiger partial charge in [-0.1, -0.05) is 12.8 Å². The van der Waals surface area contributed by atoms with Crippen molar-refractivity contribution in [2.45, 2.75) is 75.6 Å². The fourth-order valence-electron chi connectivity index (χ4n) is 6.33. The van der Waals surface area contributed by atoms with E-state index in [-0.39, 0.29) is 36.0 Å². The number of carbonyl (C=O) groups excluding carboxylic acids is 2. The molecule has 2 amide bonds. The summed E-state index contributed by atoms with van der Waals surface area (Å²) in [5, 5.41) is 14.0. The number of carbonyl (C=O) groups is 2. The normalized spacial score (nSPS) is 23.5. The molecule has 1 saturated carbocycles. The summed E-state index contributed by atoms with van der Waals surface area (Å²) < 4.78 is 2.08. The Morgan fingerprint density at radius 3 is 2.38 bits per heavy atom. The van der Waals surface area contributed by atoms with Gasteiger partial charge < -0.3 is 24.8 Å². The van der Waals surface area contributed by atoms with Gasteiger partial charge in [-0.25, -0.2) is 9.97 Å². The second-order valence-corrected chi connectivity index (χ2v) is 10.8. The molecule has 0 aromatic carbocycles. The van der Waals surface area contributed by atoms with Gasteiger partial charge in [0, 0.05) is 50.0 Å². The monoisotopic (exact) mass is 503 g/mol. The number of piperidine rings is 1. The van der Waals surface area contributed by atoms with E-state index in [1.807, 2.05) is 11.0 Å². The van der Waals surface area contributed by atoms with E-state index in [1.165, 1.54) is 0 Å². The zero-order valence-electron chi connectivity index (χ0n) is 21.3. The van der Waals surface area contributed by atoms with Crippen LogP contribution < -0.4 is 5.32 Å². The van der Waals surface area contributed by atoms with Gasteiger partial charge in [0.05, 0.1) is 11.7 Å². The minimum Gasteiger partial charge on any atom is -0.393 e. The zero-order chi connectivity index (χ0) is 25.7. The van der Waals surface area contributed by atoms with Crippen LogP contribution in [0.3, 0.4) is 0 Å². The summed E-state index contributed by atoms with van der Waals surface area (Å²) in [6.45, 7) is 0. The Labute approximate surface area is 215 Å². The first kappa shape index (κ1) is 23.8. The average Bonchev–Trinajstić information content (AvgIpc) is 3.60. The minimum absolute atomic E-state index is 0.0244. The highest BCUT2D eigenvalue weighted by atomic mass is 16.3. The number of amides is 2. The summed E-state index contributed by atoms with van der Waals surface area (Å²) in [6.07, 6.45) is 10.6. The summed E-state index contributed by atoms with van der Waals surface area (Å²) in [4.78, 5) is 43.3. The Morgan fingerprint density at radius 2 is 1.73 bits per heavy atom. The van der Waals surface area contributed by atoms with Gasteiger partial charge in [-0.05, 0) is 56.7 Å². The number of aliphatic hydroxyl groups is 1. The lowest BCUT2D eigenvalue weighted by molar-refractivity contribution is 0.0286. The van der Waals surface area contributed by atoms with Gasteiger partial charge in [-0.2, -0.15) is 4.98 Å². The van der Waals surface area contributed by atoms with E-state index in [9.17, 15) is 14.7 Å². The molecule has 37 heavy (non-hydrogen) atoms. The third kappa shape index (κ3) is 4.33. The molecule has 10 heteroatoms. The second-order valence-electron chi connectivity index (χ2n) is 10.8. The number of hydrogen-bond acceptors (Lipinski definition) is 7. The maximum atomic E-state index is 13.2. The van der Waals surface area contributed by atoms with Crippen molar-refractivity contribution in [3.63, 3.8) is 0 Å². The van der Waals surface area contributed by atoms with Crippen molar-refractivity contribution in [3.05, 3.63) is 41.9 Å². The summed E-state index contributed by atoms with van der Waals surface area (Å²) in [5.41, 5.74) is 1.92. The molecule has 0 spiro atoms. The fourth-order valence-corrected chi connectivity index (χ4v) is 6.33. The SMILES string of the molecule is CN(C)C(=O)c1cc2cnc(Nc3ccc(C(=O)N4C5CC[C@@H]4CC(O)C5)cn3)nc2n1C1CCCC1. The fraction of sp³-hybridized carbons (Fsp3) is 0.519. The molecule has 3 atom stereocenters. The van der Waals surface area contributed by atoms with E-state index in [4.69, 9.17) is 4.98 Å². The molecule has 3 aromatic heterocycles. The van der Waals surface area contributed by atoms with E-state index in [1.54, 1.807) is 43.5 Å². The number of nitrogens with one attached hydrogen (secondary N) is 1. The Morgan fingerprint density at radius 1 is 1.00 bits per heavy atom.